The summed E-state index contributed by atoms with van der Waals surface area (Å²) in [5.41, 5.74) is 4.70. The van der Waals surface area contributed by atoms with Crippen molar-refractivity contribution in [2.75, 3.05) is 38.1 Å². The third-order valence-corrected chi connectivity index (χ3v) is 9.26. The molecule has 3 aromatic rings. The fourth-order valence-electron chi connectivity index (χ4n) is 7.22. The fourth-order valence-corrected chi connectivity index (χ4v) is 7.22. The van der Waals surface area contributed by atoms with Crippen LogP contribution in [0.25, 0.3) is 22.0 Å². The maximum Gasteiger partial charge on any atom is 0.319 e. The highest BCUT2D eigenvalue weighted by Crippen LogP contribution is 2.58. The molecule has 2 atom stereocenters. The molecule has 2 N–H and O–H groups in total. The van der Waals surface area contributed by atoms with E-state index in [2.05, 4.69) is 33.2 Å². The van der Waals surface area contributed by atoms with Gasteiger partial charge in [-0.05, 0) is 92.3 Å². The van der Waals surface area contributed by atoms with E-state index >= 15 is 4.39 Å². The average molecular weight is 546 g/mol. The number of rotatable bonds is 9. The van der Waals surface area contributed by atoms with Gasteiger partial charge in [0.15, 0.2) is 5.83 Å². The van der Waals surface area contributed by atoms with Gasteiger partial charge in [0, 0.05) is 24.0 Å². The molecule has 40 heavy (non-hydrogen) atoms. The van der Waals surface area contributed by atoms with Crippen molar-refractivity contribution in [3.8, 4) is 17.1 Å². The lowest BCUT2D eigenvalue weighted by atomic mass is 9.93. The number of carbonyl (C=O) groups is 1. The van der Waals surface area contributed by atoms with Gasteiger partial charge in [-0.3, -0.25) is 9.69 Å². The molecule has 1 saturated carbocycles. The quantitative estimate of drug-likeness (QED) is 0.287. The number of hydrogen-bond donors (Lipinski definition) is 2. The first-order valence-corrected chi connectivity index (χ1v) is 14.3. The van der Waals surface area contributed by atoms with Gasteiger partial charge in [0.2, 0.25) is 0 Å². The Hall–Kier alpha value is -3.59. The molecule has 2 unspecified atom stereocenters. The Labute approximate surface area is 232 Å². The van der Waals surface area contributed by atoms with E-state index in [0.29, 0.717) is 40.7 Å². The lowest BCUT2D eigenvalue weighted by Gasteiger charge is -2.31. The Bertz CT molecular complexity index is 1520. The number of fused-ring (bicyclic) bond motifs is 5. The van der Waals surface area contributed by atoms with Gasteiger partial charge in [-0.25, -0.2) is 8.78 Å². The van der Waals surface area contributed by atoms with E-state index in [1.165, 1.54) is 23.6 Å². The molecule has 2 aromatic carbocycles. The summed E-state index contributed by atoms with van der Waals surface area (Å²) in [5.74, 6) is -0.615. The van der Waals surface area contributed by atoms with Crippen molar-refractivity contribution in [2.24, 2.45) is 5.92 Å². The number of nitrogens with one attached hydrogen (secondary N) is 2. The van der Waals surface area contributed by atoms with Gasteiger partial charge >= 0.3 is 6.01 Å². The molecule has 9 heteroatoms. The highest BCUT2D eigenvalue weighted by Gasteiger charge is 2.47. The second kappa shape index (κ2) is 9.80. The minimum Gasteiger partial charge on any atom is -0.461 e. The van der Waals surface area contributed by atoms with Crippen molar-refractivity contribution in [2.45, 2.75) is 50.0 Å². The number of aromatic nitrogens is 2. The number of carbonyl (C=O) groups excluding carboxylic acids is 1. The van der Waals surface area contributed by atoms with Gasteiger partial charge in [0.1, 0.15) is 18.2 Å². The standard InChI is InChI=1S/C31H33F2N5O2/c1-18(32)29(39)35-10-9-34-28-24-15-25(33)23(21-6-2-5-19-13-20-14-22(20)27(19)21)16-26(24)36-30(37-28)40-17-31-7-3-11-38(31)12-4-8-31/h2,5-6,15-16,20,22H,1,3-4,7-14,17H2,(H,35,39)(H,34,36,37). The normalized spacial score (nSPS) is 22.1. The molecule has 2 aliphatic carbocycles. The predicted molar refractivity (Wildman–Crippen MR) is 149 cm³/mol. The molecule has 7 nitrogen and oxygen atoms in total. The first kappa shape index (κ1) is 25.4. The summed E-state index contributed by atoms with van der Waals surface area (Å²) in [6.07, 6.45) is 6.78. The second-order valence-electron chi connectivity index (χ2n) is 11.7. The fraction of sp³-hybridized carbons (Fsp3) is 0.452. The van der Waals surface area contributed by atoms with Crippen LogP contribution in [0.1, 0.15) is 49.1 Å². The van der Waals surface area contributed by atoms with Crippen molar-refractivity contribution in [3.63, 3.8) is 0 Å². The smallest absolute Gasteiger partial charge is 0.319 e. The topological polar surface area (TPSA) is 79.4 Å². The maximum atomic E-state index is 15.7. The van der Waals surface area contributed by atoms with E-state index in [1.807, 2.05) is 12.1 Å². The molecule has 1 aromatic heterocycles. The lowest BCUT2D eigenvalue weighted by molar-refractivity contribution is -0.118. The number of anilines is 1. The van der Waals surface area contributed by atoms with Gasteiger partial charge in [-0.1, -0.05) is 24.8 Å². The number of ether oxygens (including phenoxy) is 1. The summed E-state index contributed by atoms with van der Waals surface area (Å²) >= 11 is 0. The molecular weight excluding hydrogens is 512 g/mol. The summed E-state index contributed by atoms with van der Waals surface area (Å²) in [5, 5.41) is 6.13. The van der Waals surface area contributed by atoms with Crippen LogP contribution in [0.4, 0.5) is 14.6 Å². The van der Waals surface area contributed by atoms with Crippen molar-refractivity contribution < 1.29 is 18.3 Å². The van der Waals surface area contributed by atoms with E-state index in [-0.39, 0.29) is 30.5 Å². The van der Waals surface area contributed by atoms with E-state index in [0.717, 1.165) is 50.8 Å². The predicted octanol–water partition coefficient (Wildman–Crippen LogP) is 5.11. The third kappa shape index (κ3) is 4.40. The number of amides is 1. The zero-order valence-electron chi connectivity index (χ0n) is 22.4. The number of hydrogen-bond acceptors (Lipinski definition) is 6. The molecule has 2 aliphatic heterocycles. The van der Waals surface area contributed by atoms with Crippen LogP contribution in [-0.2, 0) is 11.2 Å². The van der Waals surface area contributed by atoms with E-state index in [9.17, 15) is 9.18 Å². The molecule has 3 heterocycles. The maximum absolute atomic E-state index is 15.7. The second-order valence-corrected chi connectivity index (χ2v) is 11.7. The van der Waals surface area contributed by atoms with Crippen LogP contribution in [0.2, 0.25) is 0 Å². The lowest BCUT2D eigenvalue weighted by Crippen LogP contribution is -2.43. The third-order valence-electron chi connectivity index (χ3n) is 9.26. The molecule has 7 rings (SSSR count). The molecule has 2 saturated heterocycles. The Morgan fingerprint density at radius 3 is 2.77 bits per heavy atom. The summed E-state index contributed by atoms with van der Waals surface area (Å²) in [6, 6.07) is 9.70. The molecule has 208 valence electrons. The minimum absolute atomic E-state index is 0.0320. The summed E-state index contributed by atoms with van der Waals surface area (Å²) < 4.78 is 35.0. The molecule has 1 amide bonds. The van der Waals surface area contributed by atoms with Crippen molar-refractivity contribution in [1.82, 2.24) is 20.2 Å². The summed E-state index contributed by atoms with van der Waals surface area (Å²) in [6.45, 7) is 6.10. The molecular formula is C31H33F2N5O2. The van der Waals surface area contributed by atoms with E-state index < -0.39 is 11.7 Å². The minimum atomic E-state index is -1.05. The number of benzene rings is 2. The highest BCUT2D eigenvalue weighted by atomic mass is 19.1. The van der Waals surface area contributed by atoms with Gasteiger partial charge in [0.05, 0.1) is 11.1 Å². The van der Waals surface area contributed by atoms with Gasteiger partial charge in [-0.2, -0.15) is 9.97 Å². The van der Waals surface area contributed by atoms with Gasteiger partial charge < -0.3 is 15.4 Å². The average Bonchev–Trinajstić information content (AvgIpc) is 3.24. The Balaban J connectivity index is 1.22. The van der Waals surface area contributed by atoms with Crippen molar-refractivity contribution >= 4 is 22.6 Å². The van der Waals surface area contributed by atoms with Crippen molar-refractivity contribution in [3.05, 3.63) is 59.7 Å². The number of halogens is 2. The van der Waals surface area contributed by atoms with Crippen LogP contribution < -0.4 is 15.4 Å². The molecule has 0 bridgehead atoms. The van der Waals surface area contributed by atoms with Gasteiger partial charge in [-0.15, -0.1) is 0 Å². The first-order chi connectivity index (χ1) is 19.4. The first-order valence-electron chi connectivity index (χ1n) is 14.3. The Kier molecular flexibility index (Phi) is 6.22. The highest BCUT2D eigenvalue weighted by molar-refractivity contribution is 5.93. The molecule has 0 spiro atoms. The number of nitrogens with zero attached hydrogens (tertiary/aromatic N) is 3. The zero-order valence-corrected chi connectivity index (χ0v) is 22.4. The van der Waals surface area contributed by atoms with Crippen LogP contribution >= 0.6 is 0 Å². The molecule has 0 radical (unpaired) electrons. The monoisotopic (exact) mass is 545 g/mol. The summed E-state index contributed by atoms with van der Waals surface area (Å²) in [4.78, 5) is 23.4. The molecule has 4 aliphatic rings. The van der Waals surface area contributed by atoms with Crippen molar-refractivity contribution in [1.29, 1.82) is 0 Å². The Morgan fingerprint density at radius 1 is 1.15 bits per heavy atom. The van der Waals surface area contributed by atoms with Crippen LogP contribution in [0.15, 0.2) is 42.7 Å². The summed E-state index contributed by atoms with van der Waals surface area (Å²) in [7, 11) is 0. The zero-order chi connectivity index (χ0) is 27.4. The van der Waals surface area contributed by atoms with E-state index in [1.54, 1.807) is 6.07 Å². The largest absolute Gasteiger partial charge is 0.461 e. The van der Waals surface area contributed by atoms with Crippen LogP contribution in [0.5, 0.6) is 6.01 Å². The Morgan fingerprint density at radius 2 is 1.98 bits per heavy atom. The van der Waals surface area contributed by atoms with E-state index in [4.69, 9.17) is 9.72 Å². The van der Waals surface area contributed by atoms with Crippen LogP contribution in [0.3, 0.4) is 0 Å². The molecule has 3 fully saturated rings. The van der Waals surface area contributed by atoms with Gasteiger partial charge in [0.25, 0.3) is 5.91 Å². The van der Waals surface area contributed by atoms with Crippen LogP contribution in [0, 0.1) is 11.7 Å². The van der Waals surface area contributed by atoms with Crippen LogP contribution in [-0.4, -0.2) is 59.1 Å². The SMILES string of the molecule is C=C(F)C(=O)NCCNc1nc(OCC23CCCN2CCC3)nc2cc(-c3cccc4c3C3CC3C4)c(F)cc12.